The Morgan fingerprint density at radius 1 is 1.19 bits per heavy atom. The number of thiophene rings is 1. The molecule has 4 rings (SSSR count). The molecule has 134 valence electrons. The number of aromatic nitrogens is 3. The first-order valence-corrected chi connectivity index (χ1v) is 9.05. The molecule has 0 atom stereocenters. The summed E-state index contributed by atoms with van der Waals surface area (Å²) in [6.45, 7) is 0. The van der Waals surface area contributed by atoms with Gasteiger partial charge in [-0.3, -0.25) is 9.36 Å². The molecule has 0 saturated carbocycles. The van der Waals surface area contributed by atoms with E-state index in [1.165, 1.54) is 11.3 Å². The minimum absolute atomic E-state index is 0.226. The molecule has 0 aliphatic carbocycles. The van der Waals surface area contributed by atoms with Gasteiger partial charge in [0.1, 0.15) is 22.8 Å². The molecule has 4 aromatic rings. The van der Waals surface area contributed by atoms with E-state index in [-0.39, 0.29) is 5.91 Å². The summed E-state index contributed by atoms with van der Waals surface area (Å²) >= 11 is 1.40. The summed E-state index contributed by atoms with van der Waals surface area (Å²) in [6, 6.07) is 15.4. The minimum Gasteiger partial charge on any atom is -0.495 e. The summed E-state index contributed by atoms with van der Waals surface area (Å²) in [6.07, 6.45) is 6.78. The molecular weight excluding hydrogens is 360 g/mol. The Morgan fingerprint density at radius 2 is 2.04 bits per heavy atom. The standard InChI is InChI=1S/C20H16N4O2S/c1-26-16-11-17(14-5-3-2-4-6-14)27-19(16)20(25)23-15-7-8-18(22-12-15)24-10-9-21-13-24/h2-13H,1H3,(H,23,25). The van der Waals surface area contributed by atoms with Crippen LogP contribution in [0.2, 0.25) is 0 Å². The molecule has 27 heavy (non-hydrogen) atoms. The van der Waals surface area contributed by atoms with Gasteiger partial charge < -0.3 is 10.1 Å². The van der Waals surface area contributed by atoms with Crippen LogP contribution in [0.15, 0.2) is 73.4 Å². The monoisotopic (exact) mass is 376 g/mol. The molecule has 0 unspecified atom stereocenters. The fourth-order valence-electron chi connectivity index (χ4n) is 2.62. The Kier molecular flexibility index (Phi) is 4.67. The maximum Gasteiger partial charge on any atom is 0.269 e. The predicted octanol–water partition coefficient (Wildman–Crippen LogP) is 4.26. The van der Waals surface area contributed by atoms with Crippen molar-refractivity contribution in [2.45, 2.75) is 0 Å². The highest BCUT2D eigenvalue weighted by molar-refractivity contribution is 7.17. The van der Waals surface area contributed by atoms with Crippen LogP contribution in [0.3, 0.4) is 0 Å². The van der Waals surface area contributed by atoms with Crippen LogP contribution in [0.1, 0.15) is 9.67 Å². The van der Waals surface area contributed by atoms with Crippen molar-refractivity contribution in [2.24, 2.45) is 0 Å². The zero-order valence-corrected chi connectivity index (χ0v) is 15.3. The van der Waals surface area contributed by atoms with Gasteiger partial charge in [0.05, 0.1) is 19.0 Å². The van der Waals surface area contributed by atoms with Crippen molar-refractivity contribution in [3.8, 4) is 22.0 Å². The number of hydrogen-bond donors (Lipinski definition) is 1. The fourth-order valence-corrected chi connectivity index (χ4v) is 3.65. The second-order valence-electron chi connectivity index (χ2n) is 5.70. The molecule has 0 spiro atoms. The van der Waals surface area contributed by atoms with Gasteiger partial charge in [0.15, 0.2) is 0 Å². The van der Waals surface area contributed by atoms with E-state index in [0.717, 1.165) is 16.3 Å². The Bertz CT molecular complexity index is 1040. The Labute approximate surface area is 160 Å². The number of benzene rings is 1. The van der Waals surface area contributed by atoms with E-state index >= 15 is 0 Å². The third kappa shape index (κ3) is 3.58. The number of pyridine rings is 1. The molecule has 3 aromatic heterocycles. The second kappa shape index (κ2) is 7.43. The number of anilines is 1. The molecule has 1 aromatic carbocycles. The van der Waals surface area contributed by atoms with Gasteiger partial charge in [0.2, 0.25) is 0 Å². The molecule has 6 nitrogen and oxygen atoms in total. The van der Waals surface area contributed by atoms with Crippen LogP contribution in [-0.4, -0.2) is 27.6 Å². The lowest BCUT2D eigenvalue weighted by Gasteiger charge is -2.06. The summed E-state index contributed by atoms with van der Waals surface area (Å²) in [7, 11) is 1.56. The summed E-state index contributed by atoms with van der Waals surface area (Å²) in [4.78, 5) is 22.6. The quantitative estimate of drug-likeness (QED) is 0.565. The van der Waals surface area contributed by atoms with E-state index in [1.807, 2.05) is 48.7 Å². The SMILES string of the molecule is COc1cc(-c2ccccc2)sc1C(=O)Nc1ccc(-n2ccnc2)nc1. The van der Waals surface area contributed by atoms with Crippen LogP contribution in [0.4, 0.5) is 5.69 Å². The molecule has 1 amide bonds. The maximum atomic E-state index is 12.7. The number of imidazole rings is 1. The largest absolute Gasteiger partial charge is 0.495 e. The van der Waals surface area contributed by atoms with E-state index in [2.05, 4.69) is 15.3 Å². The van der Waals surface area contributed by atoms with Crippen molar-refractivity contribution < 1.29 is 9.53 Å². The topological polar surface area (TPSA) is 69.0 Å². The maximum absolute atomic E-state index is 12.7. The highest BCUT2D eigenvalue weighted by atomic mass is 32.1. The van der Waals surface area contributed by atoms with Crippen LogP contribution in [0.5, 0.6) is 5.75 Å². The van der Waals surface area contributed by atoms with Gasteiger partial charge in [-0.05, 0) is 23.8 Å². The van der Waals surface area contributed by atoms with Crippen LogP contribution in [0, 0.1) is 0 Å². The van der Waals surface area contributed by atoms with Crippen molar-refractivity contribution in [1.82, 2.24) is 14.5 Å². The van der Waals surface area contributed by atoms with Gasteiger partial charge in [-0.2, -0.15) is 0 Å². The van der Waals surface area contributed by atoms with Gasteiger partial charge in [0, 0.05) is 17.3 Å². The number of amides is 1. The zero-order valence-electron chi connectivity index (χ0n) is 14.5. The molecule has 3 heterocycles. The first-order chi connectivity index (χ1) is 13.2. The van der Waals surface area contributed by atoms with Crippen molar-refractivity contribution in [3.63, 3.8) is 0 Å². The number of ether oxygens (including phenoxy) is 1. The molecule has 0 aliphatic heterocycles. The molecule has 0 bridgehead atoms. The normalized spacial score (nSPS) is 10.6. The zero-order chi connectivity index (χ0) is 18.6. The lowest BCUT2D eigenvalue weighted by Crippen LogP contribution is -2.11. The summed E-state index contributed by atoms with van der Waals surface area (Å²) in [5.74, 6) is 1.06. The van der Waals surface area contributed by atoms with Gasteiger partial charge >= 0.3 is 0 Å². The number of methoxy groups -OCH3 is 1. The number of nitrogens with one attached hydrogen (secondary N) is 1. The van der Waals surface area contributed by atoms with E-state index in [9.17, 15) is 4.79 Å². The van der Waals surface area contributed by atoms with Crippen LogP contribution >= 0.6 is 11.3 Å². The van der Waals surface area contributed by atoms with E-state index < -0.39 is 0 Å². The third-order valence-electron chi connectivity index (χ3n) is 3.96. The highest BCUT2D eigenvalue weighted by Crippen LogP contribution is 2.36. The summed E-state index contributed by atoms with van der Waals surface area (Å²) in [5.41, 5.74) is 1.66. The first-order valence-electron chi connectivity index (χ1n) is 8.23. The third-order valence-corrected chi connectivity index (χ3v) is 5.12. The smallest absolute Gasteiger partial charge is 0.269 e. The van der Waals surface area contributed by atoms with Crippen molar-refractivity contribution in [1.29, 1.82) is 0 Å². The van der Waals surface area contributed by atoms with Gasteiger partial charge in [-0.15, -0.1) is 11.3 Å². The van der Waals surface area contributed by atoms with Crippen LogP contribution in [-0.2, 0) is 0 Å². The number of carbonyl (C=O) groups excluding carboxylic acids is 1. The number of rotatable bonds is 5. The van der Waals surface area contributed by atoms with E-state index in [1.54, 1.807) is 36.5 Å². The molecular formula is C20H16N4O2S. The summed E-state index contributed by atoms with van der Waals surface area (Å²) < 4.78 is 7.19. The predicted molar refractivity (Wildman–Crippen MR) is 106 cm³/mol. The number of nitrogens with zero attached hydrogens (tertiary/aromatic N) is 3. The van der Waals surface area contributed by atoms with E-state index in [0.29, 0.717) is 16.3 Å². The lowest BCUT2D eigenvalue weighted by atomic mass is 10.2. The molecule has 1 N–H and O–H groups in total. The minimum atomic E-state index is -0.226. The molecule has 0 saturated heterocycles. The number of hydrogen-bond acceptors (Lipinski definition) is 5. The van der Waals surface area contributed by atoms with Crippen LogP contribution < -0.4 is 10.1 Å². The lowest BCUT2D eigenvalue weighted by molar-refractivity contribution is 0.102. The Morgan fingerprint density at radius 3 is 2.70 bits per heavy atom. The first kappa shape index (κ1) is 17.0. The van der Waals surface area contributed by atoms with Gasteiger partial charge in [-0.1, -0.05) is 30.3 Å². The molecule has 0 fully saturated rings. The van der Waals surface area contributed by atoms with Crippen molar-refractivity contribution in [2.75, 3.05) is 12.4 Å². The Balaban J connectivity index is 1.55. The van der Waals surface area contributed by atoms with Gasteiger partial charge in [-0.25, -0.2) is 9.97 Å². The van der Waals surface area contributed by atoms with Crippen molar-refractivity contribution >= 4 is 22.9 Å². The molecule has 0 radical (unpaired) electrons. The highest BCUT2D eigenvalue weighted by Gasteiger charge is 2.18. The van der Waals surface area contributed by atoms with E-state index in [4.69, 9.17) is 4.74 Å². The fraction of sp³-hybridized carbons (Fsp3) is 0.0500. The Hall–Kier alpha value is -3.45. The second-order valence-corrected chi connectivity index (χ2v) is 6.76. The summed E-state index contributed by atoms with van der Waals surface area (Å²) in [5, 5.41) is 2.87. The average molecular weight is 376 g/mol. The molecule has 0 aliphatic rings. The average Bonchev–Trinajstić information content (AvgIpc) is 3.39. The van der Waals surface area contributed by atoms with Gasteiger partial charge in [0.25, 0.3) is 5.91 Å². The number of carbonyl (C=O) groups is 1. The van der Waals surface area contributed by atoms with Crippen molar-refractivity contribution in [3.05, 3.63) is 78.3 Å². The molecule has 7 heteroatoms. The van der Waals surface area contributed by atoms with Crippen LogP contribution in [0.25, 0.3) is 16.3 Å².